The van der Waals surface area contributed by atoms with E-state index in [1.165, 1.54) is 22.5 Å². The summed E-state index contributed by atoms with van der Waals surface area (Å²) in [5, 5.41) is 0. The summed E-state index contributed by atoms with van der Waals surface area (Å²) in [7, 11) is 0. The highest BCUT2D eigenvalue weighted by Gasteiger charge is 2.36. The first-order chi connectivity index (χ1) is 14.6. The third kappa shape index (κ3) is 2.52. The summed E-state index contributed by atoms with van der Waals surface area (Å²) in [6, 6.07) is 32.2. The molecule has 2 aliphatic heterocycles. The van der Waals surface area contributed by atoms with Crippen LogP contribution in [0.1, 0.15) is 25.0 Å². The first-order valence-corrected chi connectivity index (χ1v) is 11.0. The van der Waals surface area contributed by atoms with Gasteiger partial charge in [0.1, 0.15) is 11.5 Å². The molecule has 2 nitrogen and oxygen atoms in total. The van der Waals surface area contributed by atoms with Crippen LogP contribution in [-0.2, 0) is 5.41 Å². The van der Waals surface area contributed by atoms with Gasteiger partial charge in [-0.3, -0.25) is 0 Å². The summed E-state index contributed by atoms with van der Waals surface area (Å²) in [5.41, 5.74) is 6.19. The van der Waals surface area contributed by atoms with Gasteiger partial charge < -0.3 is 9.64 Å². The maximum atomic E-state index is 6.28. The number of hydrogen-bond donors (Lipinski definition) is 0. The van der Waals surface area contributed by atoms with Crippen molar-refractivity contribution in [3.8, 4) is 11.5 Å². The molecule has 0 aromatic heterocycles. The molecular weight excluding hydrogens is 386 g/mol. The van der Waals surface area contributed by atoms with E-state index in [1.807, 2.05) is 12.1 Å². The second kappa shape index (κ2) is 6.41. The Morgan fingerprint density at radius 1 is 0.667 bits per heavy atom. The summed E-state index contributed by atoms with van der Waals surface area (Å²) in [4.78, 5) is 4.68. The van der Waals surface area contributed by atoms with Gasteiger partial charge in [0.25, 0.3) is 0 Å². The molecule has 0 bridgehead atoms. The van der Waals surface area contributed by atoms with Crippen molar-refractivity contribution in [3.63, 3.8) is 0 Å². The molecular formula is C27H21NOS. The second-order valence-electron chi connectivity index (χ2n) is 8.28. The molecule has 2 heterocycles. The van der Waals surface area contributed by atoms with Crippen molar-refractivity contribution >= 4 is 28.8 Å². The van der Waals surface area contributed by atoms with E-state index in [-0.39, 0.29) is 5.41 Å². The standard InChI is InChI=1S/C27H21NOS/c1-27(2)19-9-3-5-11-21(19)28(22-12-6-4-10-20(22)27)18-15-16-26-24(17-18)29-23-13-7-8-14-25(23)30-26/h3-17H,1-2H3. The topological polar surface area (TPSA) is 12.5 Å². The van der Waals surface area contributed by atoms with Gasteiger partial charge in [-0.2, -0.15) is 0 Å². The molecule has 30 heavy (non-hydrogen) atoms. The van der Waals surface area contributed by atoms with Crippen molar-refractivity contribution in [1.82, 2.24) is 0 Å². The van der Waals surface area contributed by atoms with Gasteiger partial charge in [-0.25, -0.2) is 0 Å². The third-order valence-corrected chi connectivity index (χ3v) is 7.23. The minimum Gasteiger partial charge on any atom is -0.455 e. The van der Waals surface area contributed by atoms with E-state index in [9.17, 15) is 0 Å². The molecule has 0 amide bonds. The zero-order valence-corrected chi connectivity index (χ0v) is 17.7. The van der Waals surface area contributed by atoms with E-state index in [0.29, 0.717) is 0 Å². The van der Waals surface area contributed by atoms with Crippen molar-refractivity contribution in [2.24, 2.45) is 0 Å². The molecule has 0 saturated heterocycles. The maximum absolute atomic E-state index is 6.28. The molecule has 146 valence electrons. The lowest BCUT2D eigenvalue weighted by Crippen LogP contribution is -2.30. The molecule has 0 fully saturated rings. The first kappa shape index (κ1) is 17.7. The molecule has 6 rings (SSSR count). The van der Waals surface area contributed by atoms with Crippen molar-refractivity contribution < 1.29 is 4.74 Å². The molecule has 0 unspecified atom stereocenters. The summed E-state index contributed by atoms with van der Waals surface area (Å²) in [6.45, 7) is 4.62. The number of benzene rings is 4. The Balaban J connectivity index is 1.53. The molecule has 0 radical (unpaired) electrons. The molecule has 0 N–H and O–H groups in total. The zero-order valence-electron chi connectivity index (χ0n) is 16.9. The van der Waals surface area contributed by atoms with E-state index in [4.69, 9.17) is 4.74 Å². The molecule has 0 saturated carbocycles. The van der Waals surface area contributed by atoms with Crippen LogP contribution >= 0.6 is 11.8 Å². The number of hydrogen-bond acceptors (Lipinski definition) is 3. The van der Waals surface area contributed by atoms with Gasteiger partial charge in [0.2, 0.25) is 0 Å². The van der Waals surface area contributed by atoms with Gasteiger partial charge in [0, 0.05) is 17.2 Å². The Hall–Kier alpha value is -3.17. The highest BCUT2D eigenvalue weighted by molar-refractivity contribution is 7.99. The van der Waals surface area contributed by atoms with Crippen LogP contribution in [0.15, 0.2) is 101 Å². The number of anilines is 3. The lowest BCUT2D eigenvalue weighted by Gasteiger charge is -2.42. The van der Waals surface area contributed by atoms with Gasteiger partial charge in [-0.1, -0.05) is 74.1 Å². The Morgan fingerprint density at radius 3 is 2.00 bits per heavy atom. The second-order valence-corrected chi connectivity index (χ2v) is 9.36. The predicted octanol–water partition coefficient (Wildman–Crippen LogP) is 8.05. The van der Waals surface area contributed by atoms with Crippen LogP contribution in [0, 0.1) is 0 Å². The molecule has 0 spiro atoms. The SMILES string of the molecule is CC1(C)c2ccccc2N(c2ccc3c(c2)Oc2ccccc2S3)c2ccccc21. The Labute approximate surface area is 181 Å². The average molecular weight is 408 g/mol. The smallest absolute Gasteiger partial charge is 0.143 e. The van der Waals surface area contributed by atoms with E-state index in [2.05, 4.69) is 97.6 Å². The highest BCUT2D eigenvalue weighted by Crippen LogP contribution is 2.53. The quantitative estimate of drug-likeness (QED) is 0.279. The number of rotatable bonds is 1. The fraction of sp³-hybridized carbons (Fsp3) is 0.111. The first-order valence-electron chi connectivity index (χ1n) is 10.2. The predicted molar refractivity (Wildman–Crippen MR) is 124 cm³/mol. The summed E-state index contributed by atoms with van der Waals surface area (Å²) < 4.78 is 6.28. The minimum atomic E-state index is -0.0524. The molecule has 0 aliphatic carbocycles. The average Bonchev–Trinajstić information content (AvgIpc) is 2.78. The molecule has 4 aromatic rings. The summed E-state index contributed by atoms with van der Waals surface area (Å²) >= 11 is 1.77. The summed E-state index contributed by atoms with van der Waals surface area (Å²) in [5.74, 6) is 1.84. The largest absolute Gasteiger partial charge is 0.455 e. The number of nitrogens with zero attached hydrogens (tertiary/aromatic N) is 1. The molecule has 3 heteroatoms. The maximum Gasteiger partial charge on any atom is 0.143 e. The fourth-order valence-corrected chi connectivity index (χ4v) is 5.53. The van der Waals surface area contributed by atoms with E-state index in [1.54, 1.807) is 11.8 Å². The van der Waals surface area contributed by atoms with Crippen molar-refractivity contribution in [2.75, 3.05) is 4.90 Å². The van der Waals surface area contributed by atoms with Gasteiger partial charge in [0.15, 0.2) is 0 Å². The van der Waals surface area contributed by atoms with Gasteiger partial charge in [-0.05, 0) is 47.5 Å². The van der Waals surface area contributed by atoms with Crippen LogP contribution in [0.3, 0.4) is 0 Å². The van der Waals surface area contributed by atoms with E-state index in [0.717, 1.165) is 27.0 Å². The minimum absolute atomic E-state index is 0.0524. The Bertz CT molecular complexity index is 1240. The number of fused-ring (bicyclic) bond motifs is 4. The van der Waals surface area contributed by atoms with Crippen molar-refractivity contribution in [1.29, 1.82) is 0 Å². The van der Waals surface area contributed by atoms with Gasteiger partial charge in [-0.15, -0.1) is 0 Å². The van der Waals surface area contributed by atoms with Crippen molar-refractivity contribution in [3.05, 3.63) is 102 Å². The van der Waals surface area contributed by atoms with Gasteiger partial charge in [0.05, 0.1) is 21.2 Å². The van der Waals surface area contributed by atoms with Crippen LogP contribution in [0.5, 0.6) is 11.5 Å². The lowest BCUT2D eigenvalue weighted by molar-refractivity contribution is 0.454. The Kier molecular flexibility index (Phi) is 3.78. The Morgan fingerprint density at radius 2 is 1.27 bits per heavy atom. The zero-order chi connectivity index (χ0) is 20.3. The number of para-hydroxylation sites is 3. The highest BCUT2D eigenvalue weighted by atomic mass is 32.2. The lowest BCUT2D eigenvalue weighted by atomic mass is 9.73. The molecule has 2 aliphatic rings. The molecule has 4 aromatic carbocycles. The van der Waals surface area contributed by atoms with Gasteiger partial charge >= 0.3 is 0 Å². The van der Waals surface area contributed by atoms with Crippen LogP contribution in [0.2, 0.25) is 0 Å². The van der Waals surface area contributed by atoms with Crippen LogP contribution < -0.4 is 9.64 Å². The number of ether oxygens (including phenoxy) is 1. The van der Waals surface area contributed by atoms with Crippen LogP contribution in [0.25, 0.3) is 0 Å². The normalized spacial score (nSPS) is 15.3. The van der Waals surface area contributed by atoms with E-state index >= 15 is 0 Å². The van der Waals surface area contributed by atoms with Crippen molar-refractivity contribution in [2.45, 2.75) is 29.1 Å². The van der Waals surface area contributed by atoms with Crippen LogP contribution in [0.4, 0.5) is 17.1 Å². The van der Waals surface area contributed by atoms with E-state index < -0.39 is 0 Å². The van der Waals surface area contributed by atoms with Crippen LogP contribution in [-0.4, -0.2) is 0 Å². The fourth-order valence-electron chi connectivity index (χ4n) is 4.60. The monoisotopic (exact) mass is 407 g/mol. The molecule has 0 atom stereocenters. The summed E-state index contributed by atoms with van der Waals surface area (Å²) in [6.07, 6.45) is 0. The third-order valence-electron chi connectivity index (χ3n) is 6.11.